The van der Waals surface area contributed by atoms with Crippen LogP contribution in [-0.2, 0) is 52.8 Å². The first-order chi connectivity index (χ1) is 34.9. The molecule has 8 rings (SSSR count). The van der Waals surface area contributed by atoms with E-state index in [1.54, 1.807) is 62.2 Å². The van der Waals surface area contributed by atoms with E-state index in [0.29, 0.717) is 53.6 Å². The zero-order chi connectivity index (χ0) is 53.4. The second-order valence-corrected chi connectivity index (χ2v) is 21.6. The molecular weight excluding hydrogens is 962 g/mol. The number of esters is 1. The molecule has 18 nitrogen and oxygen atoms in total. The molecule has 4 aliphatic rings. The van der Waals surface area contributed by atoms with Crippen LogP contribution in [0.4, 0.5) is 13.2 Å². The number of cyclic esters (lactones) is 1. The number of rotatable bonds is 10. The summed E-state index contributed by atoms with van der Waals surface area (Å²) in [5.74, 6) is 2.25. The van der Waals surface area contributed by atoms with Crippen LogP contribution in [0.15, 0.2) is 40.9 Å². The Morgan fingerprint density at radius 2 is 1.80 bits per heavy atom. The van der Waals surface area contributed by atoms with Crippen LogP contribution in [0.25, 0.3) is 33.6 Å². The van der Waals surface area contributed by atoms with Crippen LogP contribution in [0.3, 0.4) is 0 Å². The van der Waals surface area contributed by atoms with Gasteiger partial charge in [0.25, 0.3) is 11.8 Å². The van der Waals surface area contributed by atoms with Gasteiger partial charge in [-0.2, -0.15) is 13.2 Å². The molecule has 0 aliphatic carbocycles. The van der Waals surface area contributed by atoms with E-state index >= 15 is 0 Å². The number of amides is 4. The van der Waals surface area contributed by atoms with Crippen molar-refractivity contribution in [3.63, 3.8) is 0 Å². The molecule has 398 valence electrons. The van der Waals surface area contributed by atoms with Gasteiger partial charge in [0.1, 0.15) is 24.7 Å². The lowest BCUT2D eigenvalue weighted by Gasteiger charge is -2.41. The summed E-state index contributed by atoms with van der Waals surface area (Å²) >= 11 is 0. The third-order valence-electron chi connectivity index (χ3n) is 14.7. The normalized spacial score (nSPS) is 21.6. The van der Waals surface area contributed by atoms with Gasteiger partial charge in [-0.15, -0.1) is 10.2 Å². The number of hydrogen-bond donors (Lipinski definition) is 2. The van der Waals surface area contributed by atoms with Crippen LogP contribution in [0.2, 0.25) is 0 Å². The highest BCUT2D eigenvalue weighted by atomic mass is 19.4. The van der Waals surface area contributed by atoms with Crippen molar-refractivity contribution in [3.05, 3.63) is 53.7 Å². The average Bonchev–Trinajstić information content (AvgIpc) is 4.09. The Hall–Kier alpha value is -6.37. The van der Waals surface area contributed by atoms with Crippen molar-refractivity contribution in [2.75, 3.05) is 53.5 Å². The van der Waals surface area contributed by atoms with Gasteiger partial charge in [-0.05, 0) is 101 Å². The van der Waals surface area contributed by atoms with Crippen molar-refractivity contribution in [2.24, 2.45) is 17.3 Å². The summed E-state index contributed by atoms with van der Waals surface area (Å²) < 4.78 is 63.1. The Labute approximate surface area is 429 Å². The molecule has 0 unspecified atom stereocenters. The fraction of sp³-hybridized carbons (Fsp3) is 0.585. The molecule has 0 saturated carbocycles. The van der Waals surface area contributed by atoms with Crippen molar-refractivity contribution in [1.29, 1.82) is 0 Å². The number of hydrazine groups is 1. The van der Waals surface area contributed by atoms with E-state index in [1.165, 1.54) is 28.6 Å². The van der Waals surface area contributed by atoms with E-state index < -0.39 is 77.5 Å². The van der Waals surface area contributed by atoms with Crippen LogP contribution in [0.1, 0.15) is 97.4 Å². The summed E-state index contributed by atoms with van der Waals surface area (Å²) in [4.78, 5) is 80.2. The van der Waals surface area contributed by atoms with E-state index in [4.69, 9.17) is 13.9 Å². The minimum Gasteiger partial charge on any atom is -0.464 e. The smallest absolute Gasteiger partial charge is 0.406 e. The first kappa shape index (κ1) is 53.9. The number of alkyl halides is 3. The van der Waals surface area contributed by atoms with Crippen molar-refractivity contribution < 1.29 is 51.0 Å². The van der Waals surface area contributed by atoms with Crippen LogP contribution >= 0.6 is 0 Å². The maximum absolute atomic E-state index is 14.7. The van der Waals surface area contributed by atoms with Gasteiger partial charge < -0.3 is 33.6 Å². The third kappa shape index (κ3) is 11.6. The number of methoxy groups -OCH3 is 1. The van der Waals surface area contributed by atoms with Crippen molar-refractivity contribution in [1.82, 2.24) is 50.2 Å². The number of halogens is 3. The lowest BCUT2D eigenvalue weighted by molar-refractivity contribution is -0.155. The van der Waals surface area contributed by atoms with Crippen molar-refractivity contribution in [2.45, 2.75) is 129 Å². The molecule has 2 N–H and O–H groups in total. The van der Waals surface area contributed by atoms with Crippen LogP contribution < -0.4 is 10.7 Å². The maximum atomic E-state index is 14.7. The molecule has 74 heavy (non-hydrogen) atoms. The van der Waals surface area contributed by atoms with Gasteiger partial charge in [-0.25, -0.2) is 5.43 Å². The number of nitrogens with one attached hydrogen (secondary N) is 2. The van der Waals surface area contributed by atoms with Gasteiger partial charge >= 0.3 is 12.1 Å². The number of pyridine rings is 1. The fourth-order valence-corrected chi connectivity index (χ4v) is 10.5. The van der Waals surface area contributed by atoms with E-state index in [0.717, 1.165) is 19.5 Å². The third-order valence-corrected chi connectivity index (χ3v) is 14.7. The lowest BCUT2D eigenvalue weighted by Crippen LogP contribution is -2.62. The first-order valence-electron chi connectivity index (χ1n) is 25.4. The fourth-order valence-electron chi connectivity index (χ4n) is 10.5. The summed E-state index contributed by atoms with van der Waals surface area (Å²) in [6, 6.07) is 4.84. The number of fused-ring (bicyclic) bond motifs is 6. The molecular formula is C53H67F3N10O8. The predicted octanol–water partition coefficient (Wildman–Crippen LogP) is 5.49. The summed E-state index contributed by atoms with van der Waals surface area (Å²) in [5.41, 5.74) is 4.03. The van der Waals surface area contributed by atoms with Crippen LogP contribution in [0, 0.1) is 29.1 Å². The molecule has 5 atom stereocenters. The lowest BCUT2D eigenvalue weighted by atomic mass is 9.84. The number of carbonyl (C=O) groups is 5. The second-order valence-electron chi connectivity index (χ2n) is 21.6. The molecule has 3 fully saturated rings. The quantitative estimate of drug-likeness (QED) is 0.150. The molecule has 7 heterocycles. The number of likely N-dealkylation sites (N-methyl/N-ethyl adjacent to an activating group) is 1. The molecule has 4 amide bonds. The summed E-state index contributed by atoms with van der Waals surface area (Å²) in [5, 5.41) is 13.2. The Morgan fingerprint density at radius 1 is 1.04 bits per heavy atom. The minimum atomic E-state index is -4.63. The number of ether oxygens (including phenoxy) is 2. The molecule has 0 spiro atoms. The summed E-state index contributed by atoms with van der Waals surface area (Å²) in [7, 11) is 3.03. The average molecular weight is 1030 g/mol. The van der Waals surface area contributed by atoms with Crippen molar-refractivity contribution in [3.8, 4) is 34.6 Å². The number of benzene rings is 1. The molecule has 1 aromatic carbocycles. The Balaban J connectivity index is 1.12. The van der Waals surface area contributed by atoms with Crippen LogP contribution in [0.5, 0.6) is 0 Å². The molecule has 6 bridgehead atoms. The second kappa shape index (κ2) is 21.5. The maximum Gasteiger partial charge on any atom is 0.406 e. The number of likely N-dealkylation sites (tertiary alicyclic amines) is 2. The van der Waals surface area contributed by atoms with Gasteiger partial charge in [0, 0.05) is 80.5 Å². The van der Waals surface area contributed by atoms with E-state index in [2.05, 4.69) is 42.7 Å². The molecule has 0 radical (unpaired) electrons. The first-order valence-corrected chi connectivity index (χ1v) is 25.4. The van der Waals surface area contributed by atoms with E-state index in [9.17, 15) is 37.1 Å². The summed E-state index contributed by atoms with van der Waals surface area (Å²) in [6.45, 7) is 14.0. The molecule has 4 aliphatic heterocycles. The van der Waals surface area contributed by atoms with Gasteiger partial charge in [-0.1, -0.05) is 33.6 Å². The van der Waals surface area contributed by atoms with E-state index in [-0.39, 0.29) is 67.3 Å². The highest BCUT2D eigenvalue weighted by Crippen LogP contribution is 2.43. The van der Waals surface area contributed by atoms with Gasteiger partial charge in [0.2, 0.25) is 23.6 Å². The molecule has 21 heteroatoms. The summed E-state index contributed by atoms with van der Waals surface area (Å²) in [6.07, 6.45) is -1.62. The standard InChI is InChI=1S/C53H67F3N10O8/c1-31(2)44(62(8)48(69)34-18-24-63(28-34)42(67)17-19-52(6,7)64-21-12-22-64)46(68)58-39-26-41-59-60-47(74-41)33-15-16-40-36(25-33)37(27-51(4,5)30-73-50(71)38-14-11-23-66(61-38)49(39)70)45(65(40)29-53(54,55)56)35-13-10-20-57-43(35)32(3)72-9/h10,13,15-16,20,25,31-32,34,38-39,44,61H,11-12,14,18,21-24,26-30H2,1-9H3,(H,58,68)/t32-,34-,38-,39-,44-/m0/s1. The highest BCUT2D eigenvalue weighted by Gasteiger charge is 2.42. The monoisotopic (exact) mass is 1030 g/mol. The zero-order valence-electron chi connectivity index (χ0n) is 43.6. The number of hydrogen-bond acceptors (Lipinski definition) is 13. The number of aromatic nitrogens is 4. The number of carbonyl (C=O) groups excluding carboxylic acids is 5. The molecule has 3 saturated heterocycles. The molecule has 3 aromatic heterocycles. The highest BCUT2D eigenvalue weighted by molar-refractivity contribution is 5.96. The Kier molecular flexibility index (Phi) is 15.6. The zero-order valence-corrected chi connectivity index (χ0v) is 43.6. The van der Waals surface area contributed by atoms with Crippen LogP contribution in [-0.4, -0.2) is 152 Å². The molecule has 4 aromatic rings. The van der Waals surface area contributed by atoms with Gasteiger partial charge in [0.15, 0.2) is 0 Å². The topological polar surface area (TPSA) is 198 Å². The Bertz CT molecular complexity index is 2840. The van der Waals surface area contributed by atoms with E-state index in [1.807, 2.05) is 27.7 Å². The van der Waals surface area contributed by atoms with Crippen molar-refractivity contribution >= 4 is 40.5 Å². The SMILES string of the molecule is CO[C@@H](C)c1ncccc1-c1c2c3cc(ccc3n1CC(F)(F)F)-c1nnc(o1)C[C@H](NC(=O)[C@H](C(C)C)N(C)C(=O)[C@H]1CCN(C(=O)C#CC(C)(C)N3CCC3)C1)C(=O)N1CCC[C@H](N1)C(=O)OCC(C)(C)C2. The predicted molar refractivity (Wildman–Crippen MR) is 266 cm³/mol. The van der Waals surface area contributed by atoms with Gasteiger partial charge in [0.05, 0.1) is 42.0 Å². The van der Waals surface area contributed by atoms with Gasteiger partial charge in [-0.3, -0.25) is 38.9 Å². The minimum absolute atomic E-state index is 0.0105. The Morgan fingerprint density at radius 3 is 2.49 bits per heavy atom. The number of nitrogens with zero attached hydrogens (tertiary/aromatic N) is 8. The largest absolute Gasteiger partial charge is 0.464 e.